The molecule has 1 aromatic carbocycles. The fraction of sp³-hybridized carbons (Fsp3) is 0.625. The molecule has 1 aromatic rings. The summed E-state index contributed by atoms with van der Waals surface area (Å²) in [6, 6.07) is 3.57. The lowest BCUT2D eigenvalue weighted by atomic mass is 9.82. The van der Waals surface area contributed by atoms with E-state index in [9.17, 15) is 8.78 Å². The number of nitrogens with one attached hydrogen (secondary N) is 1. The first kappa shape index (κ1) is 15.4. The Bertz CT molecular complexity index is 454. The lowest BCUT2D eigenvalue weighted by Crippen LogP contribution is -2.52. The molecule has 20 heavy (non-hydrogen) atoms. The summed E-state index contributed by atoms with van der Waals surface area (Å²) in [6.07, 6.45) is 4.29. The molecule has 2 rings (SSSR count). The summed E-state index contributed by atoms with van der Waals surface area (Å²) >= 11 is 0. The van der Waals surface area contributed by atoms with Gasteiger partial charge in [0.25, 0.3) is 0 Å². The maximum atomic E-state index is 14.2. The average Bonchev–Trinajstić information content (AvgIpc) is 2.90. The van der Waals surface area contributed by atoms with Crippen molar-refractivity contribution in [2.45, 2.75) is 44.2 Å². The quantitative estimate of drug-likeness (QED) is 0.889. The van der Waals surface area contributed by atoms with Crippen molar-refractivity contribution in [3.05, 3.63) is 35.4 Å². The van der Waals surface area contributed by atoms with Crippen LogP contribution in [0.4, 0.5) is 8.78 Å². The van der Waals surface area contributed by atoms with Crippen molar-refractivity contribution in [1.29, 1.82) is 0 Å². The number of rotatable bonds is 5. The summed E-state index contributed by atoms with van der Waals surface area (Å²) in [5.74, 6) is -0.707. The first-order valence-corrected chi connectivity index (χ1v) is 7.37. The summed E-state index contributed by atoms with van der Waals surface area (Å²) in [7, 11) is 4.07. The van der Waals surface area contributed by atoms with Gasteiger partial charge in [-0.2, -0.15) is 0 Å². The average molecular weight is 282 g/mol. The maximum Gasteiger partial charge on any atom is 0.128 e. The number of hydrogen-bond acceptors (Lipinski definition) is 2. The zero-order valence-corrected chi connectivity index (χ0v) is 12.5. The molecule has 0 bridgehead atoms. The second-order valence-corrected chi connectivity index (χ2v) is 5.86. The second kappa shape index (κ2) is 6.19. The van der Waals surface area contributed by atoms with Crippen LogP contribution in [-0.2, 0) is 0 Å². The number of likely N-dealkylation sites (N-methyl/N-ethyl adjacent to an activating group) is 2. The molecular formula is C16H24F2N2. The van der Waals surface area contributed by atoms with Crippen molar-refractivity contribution >= 4 is 0 Å². The monoisotopic (exact) mass is 282 g/mol. The summed E-state index contributed by atoms with van der Waals surface area (Å²) in [5.41, 5.74) is 0.312. The Hall–Kier alpha value is -1.00. The van der Waals surface area contributed by atoms with Gasteiger partial charge in [-0.05, 0) is 51.7 Å². The lowest BCUT2D eigenvalue weighted by Gasteiger charge is -2.44. The van der Waals surface area contributed by atoms with Crippen molar-refractivity contribution in [3.8, 4) is 0 Å². The number of halogens is 2. The van der Waals surface area contributed by atoms with E-state index in [2.05, 4.69) is 10.2 Å². The van der Waals surface area contributed by atoms with E-state index >= 15 is 0 Å². The molecule has 4 heteroatoms. The molecule has 1 saturated carbocycles. The minimum Gasteiger partial charge on any atom is -0.309 e. The smallest absolute Gasteiger partial charge is 0.128 e. The summed E-state index contributed by atoms with van der Waals surface area (Å²) in [4.78, 5) is 2.18. The van der Waals surface area contributed by atoms with E-state index in [0.717, 1.165) is 32.2 Å². The largest absolute Gasteiger partial charge is 0.309 e. The van der Waals surface area contributed by atoms with E-state index in [1.165, 1.54) is 18.2 Å². The van der Waals surface area contributed by atoms with E-state index in [1.807, 2.05) is 21.0 Å². The van der Waals surface area contributed by atoms with Gasteiger partial charge in [0.1, 0.15) is 11.6 Å². The van der Waals surface area contributed by atoms with E-state index < -0.39 is 0 Å². The highest BCUT2D eigenvalue weighted by atomic mass is 19.1. The van der Waals surface area contributed by atoms with Crippen molar-refractivity contribution in [2.75, 3.05) is 20.6 Å². The third kappa shape index (κ3) is 2.72. The highest BCUT2D eigenvalue weighted by molar-refractivity contribution is 5.27. The van der Waals surface area contributed by atoms with Crippen LogP contribution in [0, 0.1) is 11.6 Å². The Morgan fingerprint density at radius 3 is 2.45 bits per heavy atom. The molecule has 1 atom stereocenters. The van der Waals surface area contributed by atoms with Crippen LogP contribution in [0.3, 0.4) is 0 Å². The molecule has 0 saturated heterocycles. The summed E-state index contributed by atoms with van der Waals surface area (Å²) in [5, 5.41) is 3.38. The zero-order valence-electron chi connectivity index (χ0n) is 12.5. The van der Waals surface area contributed by atoms with Crippen LogP contribution < -0.4 is 5.32 Å². The topological polar surface area (TPSA) is 15.3 Å². The molecule has 0 aromatic heterocycles. The molecule has 0 aliphatic heterocycles. The Labute approximate surface area is 120 Å². The van der Waals surface area contributed by atoms with Gasteiger partial charge in [-0.15, -0.1) is 0 Å². The van der Waals surface area contributed by atoms with E-state index in [0.29, 0.717) is 5.56 Å². The van der Waals surface area contributed by atoms with Crippen LogP contribution in [0.15, 0.2) is 18.2 Å². The third-order valence-electron chi connectivity index (χ3n) is 4.57. The highest BCUT2D eigenvalue weighted by Gasteiger charge is 2.44. The van der Waals surface area contributed by atoms with E-state index in [-0.39, 0.29) is 23.2 Å². The Morgan fingerprint density at radius 2 is 1.90 bits per heavy atom. The molecule has 0 radical (unpaired) electrons. The van der Waals surface area contributed by atoms with Crippen molar-refractivity contribution in [3.63, 3.8) is 0 Å². The van der Waals surface area contributed by atoms with Crippen LogP contribution >= 0.6 is 0 Å². The molecule has 0 heterocycles. The molecule has 1 unspecified atom stereocenters. The maximum absolute atomic E-state index is 14.2. The van der Waals surface area contributed by atoms with Gasteiger partial charge >= 0.3 is 0 Å². The van der Waals surface area contributed by atoms with Gasteiger partial charge in [-0.25, -0.2) is 8.78 Å². The van der Waals surface area contributed by atoms with Gasteiger partial charge in [0.05, 0.1) is 6.04 Å². The van der Waals surface area contributed by atoms with Crippen LogP contribution in [0.5, 0.6) is 0 Å². The predicted octanol–water partition coefficient (Wildman–Crippen LogP) is 3.49. The number of nitrogens with zero attached hydrogens (tertiary/aromatic N) is 1. The standard InChI is InChI=1S/C16H24F2N2/c1-4-19-15(13-11-12(17)7-8-14(13)18)16(20(2)3)9-5-6-10-16/h7-8,11,15,19H,4-6,9-10H2,1-3H3. The lowest BCUT2D eigenvalue weighted by molar-refractivity contribution is 0.103. The molecule has 1 N–H and O–H groups in total. The summed E-state index contributed by atoms with van der Waals surface area (Å²) < 4.78 is 27.8. The van der Waals surface area contributed by atoms with E-state index in [4.69, 9.17) is 0 Å². The molecule has 1 fully saturated rings. The van der Waals surface area contributed by atoms with Crippen molar-refractivity contribution in [2.24, 2.45) is 0 Å². The minimum absolute atomic E-state index is 0.134. The zero-order chi connectivity index (χ0) is 14.8. The van der Waals surface area contributed by atoms with Gasteiger partial charge in [0, 0.05) is 11.1 Å². The number of hydrogen-bond donors (Lipinski definition) is 1. The van der Waals surface area contributed by atoms with Gasteiger partial charge in [0.15, 0.2) is 0 Å². The van der Waals surface area contributed by atoms with Crippen LogP contribution in [0.25, 0.3) is 0 Å². The second-order valence-electron chi connectivity index (χ2n) is 5.86. The van der Waals surface area contributed by atoms with Crippen LogP contribution in [-0.4, -0.2) is 31.1 Å². The molecule has 1 aliphatic rings. The molecule has 2 nitrogen and oxygen atoms in total. The van der Waals surface area contributed by atoms with E-state index in [1.54, 1.807) is 0 Å². The molecule has 0 spiro atoms. The first-order valence-electron chi connectivity index (χ1n) is 7.37. The molecule has 1 aliphatic carbocycles. The number of benzene rings is 1. The Balaban J connectivity index is 2.46. The predicted molar refractivity (Wildman–Crippen MR) is 77.7 cm³/mol. The first-order chi connectivity index (χ1) is 9.51. The molecule has 0 amide bonds. The SMILES string of the molecule is CCNC(c1cc(F)ccc1F)C1(N(C)C)CCCC1. The van der Waals surface area contributed by atoms with Gasteiger partial charge in [-0.1, -0.05) is 19.8 Å². The third-order valence-corrected chi connectivity index (χ3v) is 4.57. The van der Waals surface area contributed by atoms with Crippen LogP contribution in [0.2, 0.25) is 0 Å². The van der Waals surface area contributed by atoms with Gasteiger partial charge in [0.2, 0.25) is 0 Å². The highest BCUT2D eigenvalue weighted by Crippen LogP contribution is 2.44. The normalized spacial score (nSPS) is 19.5. The van der Waals surface area contributed by atoms with Gasteiger partial charge < -0.3 is 10.2 Å². The molecular weight excluding hydrogens is 258 g/mol. The fourth-order valence-electron chi connectivity index (χ4n) is 3.51. The van der Waals surface area contributed by atoms with Crippen molar-refractivity contribution < 1.29 is 8.78 Å². The van der Waals surface area contributed by atoms with Crippen LogP contribution in [0.1, 0.15) is 44.2 Å². The Kier molecular flexibility index (Phi) is 4.76. The molecule has 112 valence electrons. The fourth-order valence-corrected chi connectivity index (χ4v) is 3.51. The van der Waals surface area contributed by atoms with Crippen molar-refractivity contribution in [1.82, 2.24) is 10.2 Å². The Morgan fingerprint density at radius 1 is 1.25 bits per heavy atom. The van der Waals surface area contributed by atoms with Gasteiger partial charge in [-0.3, -0.25) is 0 Å². The summed E-state index contributed by atoms with van der Waals surface area (Å²) in [6.45, 7) is 2.73. The minimum atomic E-state index is -0.379.